The molecule has 2 heteroatoms. The molecule has 0 bridgehead atoms. The van der Waals surface area contributed by atoms with Gasteiger partial charge in [0.25, 0.3) is 0 Å². The molecule has 1 saturated carbocycles. The van der Waals surface area contributed by atoms with Gasteiger partial charge in [-0.1, -0.05) is 20.3 Å². The summed E-state index contributed by atoms with van der Waals surface area (Å²) in [5, 5.41) is 3.72. The number of hydrogen-bond acceptors (Lipinski definition) is 2. The van der Waals surface area contributed by atoms with E-state index >= 15 is 0 Å². The summed E-state index contributed by atoms with van der Waals surface area (Å²) in [6.07, 6.45) is 5.31. The number of benzene rings is 1. The van der Waals surface area contributed by atoms with Gasteiger partial charge in [-0.05, 0) is 62.8 Å². The van der Waals surface area contributed by atoms with Crippen molar-refractivity contribution >= 4 is 11.4 Å². The van der Waals surface area contributed by atoms with Crippen molar-refractivity contribution in [1.82, 2.24) is 0 Å². The van der Waals surface area contributed by atoms with Crippen molar-refractivity contribution in [3.05, 3.63) is 24.3 Å². The highest BCUT2D eigenvalue weighted by Crippen LogP contribution is 2.36. The molecule has 0 heterocycles. The van der Waals surface area contributed by atoms with Crippen LogP contribution in [0.3, 0.4) is 0 Å². The molecule has 0 aliphatic heterocycles. The molecule has 1 aromatic carbocycles. The van der Waals surface area contributed by atoms with Gasteiger partial charge in [0.2, 0.25) is 0 Å². The SMILES string of the molecule is CCN(CC)c1ccc(NC2CCCC(C)(C)C2)cc1. The van der Waals surface area contributed by atoms with Crippen molar-refractivity contribution in [1.29, 1.82) is 0 Å². The van der Waals surface area contributed by atoms with E-state index in [4.69, 9.17) is 0 Å². The number of anilines is 2. The van der Waals surface area contributed by atoms with Crippen LogP contribution in [0.2, 0.25) is 0 Å². The Balaban J connectivity index is 1.97. The van der Waals surface area contributed by atoms with Crippen LogP contribution < -0.4 is 10.2 Å². The predicted octanol–water partition coefficient (Wildman–Crippen LogP) is 4.91. The Hall–Kier alpha value is -1.18. The normalized spacial score (nSPS) is 21.5. The summed E-state index contributed by atoms with van der Waals surface area (Å²) in [6, 6.07) is 9.58. The van der Waals surface area contributed by atoms with Crippen molar-refractivity contribution in [2.45, 2.75) is 59.4 Å². The van der Waals surface area contributed by atoms with Gasteiger partial charge in [0.1, 0.15) is 0 Å². The van der Waals surface area contributed by atoms with Crippen molar-refractivity contribution < 1.29 is 0 Å². The predicted molar refractivity (Wildman–Crippen MR) is 89.7 cm³/mol. The Morgan fingerprint density at radius 1 is 1.15 bits per heavy atom. The first-order valence-electron chi connectivity index (χ1n) is 8.15. The van der Waals surface area contributed by atoms with Crippen LogP contribution in [-0.2, 0) is 0 Å². The lowest BCUT2D eigenvalue weighted by Gasteiger charge is -2.36. The van der Waals surface area contributed by atoms with Crippen LogP contribution in [0.4, 0.5) is 11.4 Å². The number of rotatable bonds is 5. The lowest BCUT2D eigenvalue weighted by Crippen LogP contribution is -2.31. The number of nitrogens with zero attached hydrogens (tertiary/aromatic N) is 1. The summed E-state index contributed by atoms with van der Waals surface area (Å²) >= 11 is 0. The molecule has 112 valence electrons. The third kappa shape index (κ3) is 3.91. The summed E-state index contributed by atoms with van der Waals surface area (Å²) in [4.78, 5) is 2.38. The van der Waals surface area contributed by atoms with Gasteiger partial charge in [0.05, 0.1) is 0 Å². The summed E-state index contributed by atoms with van der Waals surface area (Å²) in [6.45, 7) is 11.3. The lowest BCUT2D eigenvalue weighted by molar-refractivity contribution is 0.229. The molecule has 0 radical (unpaired) electrons. The van der Waals surface area contributed by atoms with Crippen LogP contribution in [0, 0.1) is 5.41 Å². The van der Waals surface area contributed by atoms with Crippen LogP contribution in [0.25, 0.3) is 0 Å². The first-order valence-corrected chi connectivity index (χ1v) is 8.15. The fraction of sp³-hybridized carbons (Fsp3) is 0.667. The molecule has 1 unspecified atom stereocenters. The Morgan fingerprint density at radius 2 is 1.80 bits per heavy atom. The van der Waals surface area contributed by atoms with Gasteiger partial charge >= 0.3 is 0 Å². The molecule has 1 N–H and O–H groups in total. The largest absolute Gasteiger partial charge is 0.382 e. The fourth-order valence-electron chi connectivity index (χ4n) is 3.41. The second-order valence-corrected chi connectivity index (χ2v) is 6.82. The monoisotopic (exact) mass is 274 g/mol. The molecule has 2 rings (SSSR count). The summed E-state index contributed by atoms with van der Waals surface area (Å²) in [7, 11) is 0. The molecule has 2 nitrogen and oxygen atoms in total. The molecule has 1 aliphatic rings. The highest BCUT2D eigenvalue weighted by atomic mass is 15.1. The second kappa shape index (κ2) is 6.51. The van der Waals surface area contributed by atoms with Gasteiger partial charge in [0.15, 0.2) is 0 Å². The van der Waals surface area contributed by atoms with Crippen LogP contribution >= 0.6 is 0 Å². The van der Waals surface area contributed by atoms with E-state index in [0.717, 1.165) is 13.1 Å². The van der Waals surface area contributed by atoms with Crippen LogP contribution in [0.15, 0.2) is 24.3 Å². The zero-order valence-corrected chi connectivity index (χ0v) is 13.6. The molecular formula is C18H30N2. The van der Waals surface area contributed by atoms with Gasteiger partial charge in [0, 0.05) is 30.5 Å². The summed E-state index contributed by atoms with van der Waals surface area (Å²) in [5.41, 5.74) is 3.09. The fourth-order valence-corrected chi connectivity index (χ4v) is 3.41. The second-order valence-electron chi connectivity index (χ2n) is 6.82. The Labute approximate surface area is 124 Å². The molecule has 0 aromatic heterocycles. The molecule has 1 aromatic rings. The Kier molecular flexibility index (Phi) is 4.95. The maximum atomic E-state index is 3.72. The van der Waals surface area contributed by atoms with Gasteiger partial charge in [-0.25, -0.2) is 0 Å². The van der Waals surface area contributed by atoms with Crippen LogP contribution in [-0.4, -0.2) is 19.1 Å². The molecular weight excluding hydrogens is 244 g/mol. The molecule has 1 atom stereocenters. The van der Waals surface area contributed by atoms with Crippen molar-refractivity contribution in [3.8, 4) is 0 Å². The van der Waals surface area contributed by atoms with Crippen molar-refractivity contribution in [2.75, 3.05) is 23.3 Å². The van der Waals surface area contributed by atoms with E-state index in [1.807, 2.05) is 0 Å². The van der Waals surface area contributed by atoms with Gasteiger partial charge in [-0.15, -0.1) is 0 Å². The summed E-state index contributed by atoms with van der Waals surface area (Å²) < 4.78 is 0. The van der Waals surface area contributed by atoms with E-state index in [1.165, 1.54) is 37.1 Å². The minimum atomic E-state index is 0.497. The van der Waals surface area contributed by atoms with Crippen molar-refractivity contribution in [2.24, 2.45) is 5.41 Å². The first-order chi connectivity index (χ1) is 9.54. The third-order valence-electron chi connectivity index (χ3n) is 4.57. The van der Waals surface area contributed by atoms with Crippen LogP contribution in [0.5, 0.6) is 0 Å². The maximum absolute atomic E-state index is 3.72. The van der Waals surface area contributed by atoms with Gasteiger partial charge in [-0.3, -0.25) is 0 Å². The lowest BCUT2D eigenvalue weighted by atomic mass is 9.75. The molecule has 1 aliphatic carbocycles. The van der Waals surface area contributed by atoms with E-state index < -0.39 is 0 Å². The van der Waals surface area contributed by atoms with E-state index in [1.54, 1.807) is 0 Å². The smallest absolute Gasteiger partial charge is 0.0367 e. The molecule has 0 saturated heterocycles. The molecule has 1 fully saturated rings. The van der Waals surface area contributed by atoms with E-state index in [9.17, 15) is 0 Å². The topological polar surface area (TPSA) is 15.3 Å². The minimum absolute atomic E-state index is 0.497. The highest BCUT2D eigenvalue weighted by Gasteiger charge is 2.27. The molecule has 20 heavy (non-hydrogen) atoms. The first kappa shape index (κ1) is 15.2. The Bertz CT molecular complexity index is 404. The maximum Gasteiger partial charge on any atom is 0.0367 e. The summed E-state index contributed by atoms with van der Waals surface area (Å²) in [5.74, 6) is 0. The zero-order chi connectivity index (χ0) is 14.6. The average molecular weight is 274 g/mol. The average Bonchev–Trinajstić information content (AvgIpc) is 2.41. The molecule has 0 spiro atoms. The van der Waals surface area contributed by atoms with Crippen molar-refractivity contribution in [3.63, 3.8) is 0 Å². The van der Waals surface area contributed by atoms with Gasteiger partial charge < -0.3 is 10.2 Å². The number of hydrogen-bond donors (Lipinski definition) is 1. The quantitative estimate of drug-likeness (QED) is 0.820. The molecule has 0 amide bonds. The zero-order valence-electron chi connectivity index (χ0n) is 13.6. The van der Waals surface area contributed by atoms with Crippen LogP contribution in [0.1, 0.15) is 53.4 Å². The van der Waals surface area contributed by atoms with E-state index in [0.29, 0.717) is 11.5 Å². The highest BCUT2D eigenvalue weighted by molar-refractivity contribution is 5.55. The standard InChI is InChI=1S/C18H30N2/c1-5-20(6-2)17-11-9-15(10-12-17)19-16-8-7-13-18(3,4)14-16/h9-12,16,19H,5-8,13-14H2,1-4H3. The van der Waals surface area contributed by atoms with Gasteiger partial charge in [-0.2, -0.15) is 0 Å². The van der Waals surface area contributed by atoms with E-state index in [2.05, 4.69) is 62.2 Å². The number of nitrogens with one attached hydrogen (secondary N) is 1. The Morgan fingerprint density at radius 3 is 2.35 bits per heavy atom. The third-order valence-corrected chi connectivity index (χ3v) is 4.57. The minimum Gasteiger partial charge on any atom is -0.382 e. The van der Waals surface area contributed by atoms with E-state index in [-0.39, 0.29) is 0 Å².